The van der Waals surface area contributed by atoms with Crippen LogP contribution in [-0.4, -0.2) is 37.3 Å². The maximum absolute atomic E-state index is 8.68. The number of hydrogen-bond donors (Lipinski definition) is 2. The van der Waals surface area contributed by atoms with Crippen molar-refractivity contribution in [2.45, 2.75) is 18.9 Å². The summed E-state index contributed by atoms with van der Waals surface area (Å²) in [7, 11) is 2.08. The summed E-state index contributed by atoms with van der Waals surface area (Å²) in [6.45, 7) is 1.63. The van der Waals surface area contributed by atoms with Crippen molar-refractivity contribution in [1.29, 1.82) is 0 Å². The minimum absolute atomic E-state index is 0.112. The van der Waals surface area contributed by atoms with Gasteiger partial charge in [-0.05, 0) is 47.0 Å². The molecule has 0 aliphatic carbocycles. The van der Waals surface area contributed by atoms with Crippen molar-refractivity contribution in [1.82, 2.24) is 0 Å². The van der Waals surface area contributed by atoms with Crippen LogP contribution in [0.3, 0.4) is 0 Å². The second kappa shape index (κ2) is 6.25. The number of oxime groups is 1. The third kappa shape index (κ3) is 3.19. The highest BCUT2D eigenvalue weighted by Crippen LogP contribution is 2.30. The van der Waals surface area contributed by atoms with Crippen LogP contribution in [-0.2, 0) is 4.74 Å². The molecule has 0 saturated carbocycles. The van der Waals surface area contributed by atoms with Crippen LogP contribution in [0.2, 0.25) is 0 Å². The van der Waals surface area contributed by atoms with Gasteiger partial charge in [0.1, 0.15) is 0 Å². The molecule has 1 aliphatic rings. The average molecular weight is 328 g/mol. The van der Waals surface area contributed by atoms with Crippen molar-refractivity contribution < 1.29 is 9.94 Å². The fourth-order valence-electron chi connectivity index (χ4n) is 2.28. The van der Waals surface area contributed by atoms with E-state index in [1.54, 1.807) is 0 Å². The van der Waals surface area contributed by atoms with Crippen molar-refractivity contribution in [3.8, 4) is 0 Å². The summed E-state index contributed by atoms with van der Waals surface area (Å²) in [5.74, 6) is 0.112. The standard InChI is InChI=1S/C13H18BrN3O2/c1-17(10-4-6-19-7-5-10)12-3-2-9(8-11(12)14)13(15)16-18/h2-3,8,10,18H,4-7H2,1H3,(H2,15,16). The lowest BCUT2D eigenvalue weighted by Gasteiger charge is -2.33. The number of ether oxygens (including phenoxy) is 1. The molecule has 0 atom stereocenters. The molecule has 6 heteroatoms. The van der Waals surface area contributed by atoms with E-state index in [-0.39, 0.29) is 5.84 Å². The van der Waals surface area contributed by atoms with Crippen LogP contribution in [0.15, 0.2) is 27.8 Å². The molecule has 19 heavy (non-hydrogen) atoms. The van der Waals surface area contributed by atoms with Crippen LogP contribution in [0.4, 0.5) is 5.69 Å². The second-order valence-electron chi connectivity index (χ2n) is 4.61. The zero-order chi connectivity index (χ0) is 13.8. The molecule has 1 fully saturated rings. The van der Waals surface area contributed by atoms with Gasteiger partial charge < -0.3 is 20.6 Å². The molecule has 2 rings (SSSR count). The molecule has 1 aromatic rings. The predicted molar refractivity (Wildman–Crippen MR) is 78.9 cm³/mol. The molecule has 0 spiro atoms. The lowest BCUT2D eigenvalue weighted by molar-refractivity contribution is 0.0854. The highest BCUT2D eigenvalue weighted by Gasteiger charge is 2.20. The largest absolute Gasteiger partial charge is 0.409 e. The summed E-state index contributed by atoms with van der Waals surface area (Å²) in [5.41, 5.74) is 7.37. The Labute approximate surface area is 121 Å². The molecule has 1 aliphatic heterocycles. The third-order valence-electron chi connectivity index (χ3n) is 3.47. The molecule has 3 N–H and O–H groups in total. The number of rotatable bonds is 3. The van der Waals surface area contributed by atoms with Crippen LogP contribution in [0, 0.1) is 0 Å². The van der Waals surface area contributed by atoms with Gasteiger partial charge in [0, 0.05) is 36.3 Å². The molecule has 104 valence electrons. The van der Waals surface area contributed by atoms with Gasteiger partial charge in [-0.1, -0.05) is 5.16 Å². The number of amidine groups is 1. The van der Waals surface area contributed by atoms with Gasteiger partial charge in [-0.15, -0.1) is 0 Å². The van der Waals surface area contributed by atoms with E-state index >= 15 is 0 Å². The van der Waals surface area contributed by atoms with Crippen molar-refractivity contribution in [3.05, 3.63) is 28.2 Å². The quantitative estimate of drug-likeness (QED) is 0.386. The summed E-state index contributed by atoms with van der Waals surface area (Å²) in [5, 5.41) is 11.7. The van der Waals surface area contributed by atoms with Gasteiger partial charge in [0.15, 0.2) is 5.84 Å². The van der Waals surface area contributed by atoms with Crippen LogP contribution in [0.1, 0.15) is 18.4 Å². The number of nitrogens with zero attached hydrogens (tertiary/aromatic N) is 2. The Morgan fingerprint density at radius 3 is 2.74 bits per heavy atom. The molecular weight excluding hydrogens is 310 g/mol. The molecule has 0 amide bonds. The van der Waals surface area contributed by atoms with Gasteiger partial charge in [-0.2, -0.15) is 0 Å². The van der Waals surface area contributed by atoms with Crippen molar-refractivity contribution >= 4 is 27.5 Å². The molecule has 0 unspecified atom stereocenters. The van der Waals surface area contributed by atoms with E-state index in [9.17, 15) is 0 Å². The Kier molecular flexibility index (Phi) is 4.66. The monoisotopic (exact) mass is 327 g/mol. The Morgan fingerprint density at radius 1 is 1.47 bits per heavy atom. The lowest BCUT2D eigenvalue weighted by atomic mass is 10.1. The zero-order valence-electron chi connectivity index (χ0n) is 10.8. The Morgan fingerprint density at radius 2 is 2.16 bits per heavy atom. The maximum Gasteiger partial charge on any atom is 0.170 e. The van der Waals surface area contributed by atoms with Gasteiger partial charge in [-0.3, -0.25) is 0 Å². The SMILES string of the molecule is CN(c1ccc(/C(N)=N/O)cc1Br)C1CCOCC1. The van der Waals surface area contributed by atoms with E-state index in [2.05, 4.69) is 33.0 Å². The summed E-state index contributed by atoms with van der Waals surface area (Å²) in [6, 6.07) is 6.18. The van der Waals surface area contributed by atoms with Crippen LogP contribution in [0.25, 0.3) is 0 Å². The zero-order valence-corrected chi connectivity index (χ0v) is 12.4. The fourth-order valence-corrected chi connectivity index (χ4v) is 2.94. The average Bonchev–Trinajstić information content (AvgIpc) is 2.46. The number of benzene rings is 1. The van der Waals surface area contributed by atoms with Crippen molar-refractivity contribution in [2.75, 3.05) is 25.2 Å². The summed E-state index contributed by atoms with van der Waals surface area (Å²) in [4.78, 5) is 2.25. The topological polar surface area (TPSA) is 71.1 Å². The maximum atomic E-state index is 8.68. The van der Waals surface area contributed by atoms with Crippen LogP contribution in [0.5, 0.6) is 0 Å². The Bertz CT molecular complexity index is 473. The van der Waals surface area contributed by atoms with E-state index in [0.717, 1.165) is 36.2 Å². The summed E-state index contributed by atoms with van der Waals surface area (Å²) >= 11 is 3.55. The first-order valence-corrected chi connectivity index (χ1v) is 7.01. The summed E-state index contributed by atoms with van der Waals surface area (Å²) < 4.78 is 6.32. The number of anilines is 1. The molecule has 0 radical (unpaired) electrons. The number of halogens is 1. The van der Waals surface area contributed by atoms with Gasteiger partial charge in [0.05, 0.1) is 5.69 Å². The van der Waals surface area contributed by atoms with Gasteiger partial charge in [-0.25, -0.2) is 0 Å². The molecule has 0 bridgehead atoms. The van der Waals surface area contributed by atoms with E-state index in [4.69, 9.17) is 15.7 Å². The van der Waals surface area contributed by atoms with E-state index < -0.39 is 0 Å². The number of nitrogens with two attached hydrogens (primary N) is 1. The van der Waals surface area contributed by atoms with Gasteiger partial charge in [0.25, 0.3) is 0 Å². The minimum Gasteiger partial charge on any atom is -0.409 e. The first-order chi connectivity index (χ1) is 9.13. The molecule has 0 aromatic heterocycles. The highest BCUT2D eigenvalue weighted by atomic mass is 79.9. The fraction of sp³-hybridized carbons (Fsp3) is 0.462. The normalized spacial score (nSPS) is 17.5. The first kappa shape index (κ1) is 14.1. The smallest absolute Gasteiger partial charge is 0.170 e. The second-order valence-corrected chi connectivity index (χ2v) is 5.46. The third-order valence-corrected chi connectivity index (χ3v) is 4.10. The Hall–Kier alpha value is -1.27. The molecule has 1 saturated heterocycles. The Balaban J connectivity index is 2.20. The molecule has 1 aromatic carbocycles. The molecular formula is C13H18BrN3O2. The van der Waals surface area contributed by atoms with Gasteiger partial charge >= 0.3 is 0 Å². The van der Waals surface area contributed by atoms with Crippen LogP contribution >= 0.6 is 15.9 Å². The first-order valence-electron chi connectivity index (χ1n) is 6.21. The molecule has 5 nitrogen and oxygen atoms in total. The lowest BCUT2D eigenvalue weighted by Crippen LogP contribution is -2.36. The number of hydrogen-bond acceptors (Lipinski definition) is 4. The van der Waals surface area contributed by atoms with Crippen molar-refractivity contribution in [3.63, 3.8) is 0 Å². The van der Waals surface area contributed by atoms with E-state index in [1.165, 1.54) is 0 Å². The van der Waals surface area contributed by atoms with E-state index in [1.807, 2.05) is 18.2 Å². The van der Waals surface area contributed by atoms with Crippen molar-refractivity contribution in [2.24, 2.45) is 10.9 Å². The van der Waals surface area contributed by atoms with Crippen LogP contribution < -0.4 is 10.6 Å². The summed E-state index contributed by atoms with van der Waals surface area (Å²) in [6.07, 6.45) is 2.07. The predicted octanol–water partition coefficient (Wildman–Crippen LogP) is 2.16. The minimum atomic E-state index is 0.112. The highest BCUT2D eigenvalue weighted by molar-refractivity contribution is 9.10. The molecule has 1 heterocycles. The van der Waals surface area contributed by atoms with Gasteiger partial charge in [0.2, 0.25) is 0 Å². The van der Waals surface area contributed by atoms with E-state index in [0.29, 0.717) is 11.6 Å².